The summed E-state index contributed by atoms with van der Waals surface area (Å²) >= 11 is 4.79. The van der Waals surface area contributed by atoms with E-state index < -0.39 is 0 Å². The van der Waals surface area contributed by atoms with E-state index in [1.807, 2.05) is 12.1 Å². The largest absolute Gasteiger partial charge is 0.409 e. The smallest absolute Gasteiger partial charge is 0.171 e. The minimum absolute atomic E-state index is 0.0722. The van der Waals surface area contributed by atoms with Crippen LogP contribution in [0.3, 0.4) is 0 Å². The Labute approximate surface area is 100 Å². The van der Waals surface area contributed by atoms with Gasteiger partial charge in [-0.1, -0.05) is 21.1 Å². The van der Waals surface area contributed by atoms with Crippen molar-refractivity contribution in [3.63, 3.8) is 0 Å². The first-order valence-electron chi connectivity index (χ1n) is 4.20. The van der Waals surface area contributed by atoms with E-state index in [0.717, 1.165) is 9.37 Å². The summed E-state index contributed by atoms with van der Waals surface area (Å²) in [6, 6.07) is 5.45. The predicted octanol–water partition coefficient (Wildman–Crippen LogP) is 1.63. The van der Waals surface area contributed by atoms with E-state index in [-0.39, 0.29) is 12.4 Å². The number of nitrogens with two attached hydrogens (primary N) is 1. The van der Waals surface area contributed by atoms with Gasteiger partial charge in [-0.15, -0.1) is 11.8 Å². The van der Waals surface area contributed by atoms with Gasteiger partial charge in [0.2, 0.25) is 0 Å². The number of nitrogens with zero attached hydrogens (tertiary/aromatic N) is 1. The molecule has 0 saturated heterocycles. The molecule has 1 aromatic rings. The van der Waals surface area contributed by atoms with E-state index in [9.17, 15) is 0 Å². The SMILES string of the molecule is N/C(=N/O)c1ccc(Br)cc1SCCO. The molecule has 0 aromatic heterocycles. The third kappa shape index (κ3) is 3.40. The number of aliphatic hydroxyl groups is 1. The molecule has 0 bridgehead atoms. The van der Waals surface area contributed by atoms with Gasteiger partial charge in [-0.25, -0.2) is 0 Å². The molecule has 82 valence electrons. The third-order valence-electron chi connectivity index (χ3n) is 1.68. The van der Waals surface area contributed by atoms with Gasteiger partial charge >= 0.3 is 0 Å². The summed E-state index contributed by atoms with van der Waals surface area (Å²) in [5, 5.41) is 20.3. The quantitative estimate of drug-likeness (QED) is 0.259. The van der Waals surface area contributed by atoms with Crippen LogP contribution in [0.2, 0.25) is 0 Å². The second-order valence-corrected chi connectivity index (χ2v) is 4.75. The number of rotatable bonds is 4. The summed E-state index contributed by atoms with van der Waals surface area (Å²) in [6.07, 6.45) is 0. The van der Waals surface area contributed by atoms with Crippen LogP contribution in [0.15, 0.2) is 32.7 Å². The number of halogens is 1. The summed E-state index contributed by atoms with van der Waals surface area (Å²) in [6.45, 7) is 0.0901. The van der Waals surface area contributed by atoms with Gasteiger partial charge in [0.05, 0.1) is 6.61 Å². The maximum Gasteiger partial charge on any atom is 0.171 e. The Morgan fingerprint density at radius 1 is 1.53 bits per heavy atom. The van der Waals surface area contributed by atoms with E-state index in [2.05, 4.69) is 21.1 Å². The van der Waals surface area contributed by atoms with Crippen LogP contribution in [0.1, 0.15) is 5.56 Å². The van der Waals surface area contributed by atoms with Crippen molar-refractivity contribution < 1.29 is 10.3 Å². The molecule has 1 rings (SSSR count). The van der Waals surface area contributed by atoms with E-state index in [0.29, 0.717) is 11.3 Å². The fourth-order valence-corrected chi connectivity index (χ4v) is 2.40. The van der Waals surface area contributed by atoms with Crippen LogP contribution in [-0.4, -0.2) is 28.5 Å². The lowest BCUT2D eigenvalue weighted by Crippen LogP contribution is -2.14. The zero-order chi connectivity index (χ0) is 11.3. The van der Waals surface area contributed by atoms with Gasteiger partial charge in [-0.2, -0.15) is 0 Å². The number of amidine groups is 1. The highest BCUT2D eigenvalue weighted by atomic mass is 79.9. The molecular formula is C9H11BrN2O2S. The van der Waals surface area contributed by atoms with Crippen molar-refractivity contribution in [2.24, 2.45) is 10.9 Å². The first kappa shape index (κ1) is 12.4. The average molecular weight is 291 g/mol. The van der Waals surface area contributed by atoms with Crippen LogP contribution >= 0.6 is 27.7 Å². The fourth-order valence-electron chi connectivity index (χ4n) is 1.04. The van der Waals surface area contributed by atoms with Crippen LogP contribution in [0.5, 0.6) is 0 Å². The number of thioether (sulfide) groups is 1. The fraction of sp³-hybridized carbons (Fsp3) is 0.222. The highest BCUT2D eigenvalue weighted by Gasteiger charge is 2.07. The Hall–Kier alpha value is -0.720. The molecule has 0 atom stereocenters. The molecule has 0 unspecified atom stereocenters. The molecular weight excluding hydrogens is 280 g/mol. The number of aliphatic hydroxyl groups excluding tert-OH is 1. The molecule has 0 aliphatic rings. The van der Waals surface area contributed by atoms with Crippen molar-refractivity contribution in [2.45, 2.75) is 4.90 Å². The highest BCUT2D eigenvalue weighted by Crippen LogP contribution is 2.26. The number of hydrogen-bond donors (Lipinski definition) is 3. The number of benzene rings is 1. The van der Waals surface area contributed by atoms with Crippen molar-refractivity contribution in [3.8, 4) is 0 Å². The maximum atomic E-state index is 8.74. The molecule has 4 nitrogen and oxygen atoms in total. The Morgan fingerprint density at radius 2 is 2.27 bits per heavy atom. The molecule has 0 fully saturated rings. The molecule has 0 heterocycles. The van der Waals surface area contributed by atoms with E-state index in [4.69, 9.17) is 16.0 Å². The van der Waals surface area contributed by atoms with Crippen LogP contribution in [-0.2, 0) is 0 Å². The Morgan fingerprint density at radius 3 is 2.87 bits per heavy atom. The van der Waals surface area contributed by atoms with Crippen molar-refractivity contribution in [3.05, 3.63) is 28.2 Å². The van der Waals surface area contributed by atoms with Gasteiger partial charge in [-0.3, -0.25) is 0 Å². The molecule has 0 saturated carbocycles. The lowest BCUT2D eigenvalue weighted by Gasteiger charge is -2.07. The average Bonchev–Trinajstić information content (AvgIpc) is 2.25. The van der Waals surface area contributed by atoms with Crippen molar-refractivity contribution in [1.82, 2.24) is 0 Å². The second kappa shape index (κ2) is 5.99. The Bertz CT molecular complexity index is 371. The number of hydrogen-bond acceptors (Lipinski definition) is 4. The lowest BCUT2D eigenvalue weighted by molar-refractivity contribution is 0.318. The zero-order valence-electron chi connectivity index (χ0n) is 7.85. The molecule has 0 aliphatic carbocycles. The molecule has 0 amide bonds. The van der Waals surface area contributed by atoms with E-state index in [1.165, 1.54) is 11.8 Å². The van der Waals surface area contributed by atoms with Crippen LogP contribution in [0, 0.1) is 0 Å². The Kier molecular flexibility index (Phi) is 4.93. The summed E-state index contributed by atoms with van der Waals surface area (Å²) in [4.78, 5) is 0.869. The molecule has 0 radical (unpaired) electrons. The standard InChI is InChI=1S/C9H11BrN2O2S/c10-6-1-2-7(9(11)12-14)8(5-6)15-4-3-13/h1-2,5,13-14H,3-4H2,(H2,11,12). The van der Waals surface area contributed by atoms with Crippen LogP contribution in [0.4, 0.5) is 0 Å². The van der Waals surface area contributed by atoms with Crippen molar-refractivity contribution in [2.75, 3.05) is 12.4 Å². The van der Waals surface area contributed by atoms with Gasteiger partial charge in [0.1, 0.15) is 0 Å². The van der Waals surface area contributed by atoms with Crippen molar-refractivity contribution >= 4 is 33.5 Å². The third-order valence-corrected chi connectivity index (χ3v) is 3.20. The summed E-state index contributed by atoms with van der Waals surface area (Å²) in [5.74, 6) is 0.644. The molecule has 4 N–H and O–H groups in total. The molecule has 0 aliphatic heterocycles. The second-order valence-electron chi connectivity index (χ2n) is 2.70. The minimum atomic E-state index is 0.0722. The highest BCUT2D eigenvalue weighted by molar-refractivity contribution is 9.10. The van der Waals surface area contributed by atoms with Gasteiger partial charge < -0.3 is 16.0 Å². The topological polar surface area (TPSA) is 78.8 Å². The summed E-state index contributed by atoms with van der Waals surface area (Å²) < 4.78 is 0.914. The molecule has 0 spiro atoms. The lowest BCUT2D eigenvalue weighted by atomic mass is 10.2. The van der Waals surface area contributed by atoms with Crippen LogP contribution in [0.25, 0.3) is 0 Å². The monoisotopic (exact) mass is 290 g/mol. The zero-order valence-corrected chi connectivity index (χ0v) is 10.3. The maximum absolute atomic E-state index is 8.74. The Balaban J connectivity index is 3.03. The van der Waals surface area contributed by atoms with E-state index >= 15 is 0 Å². The summed E-state index contributed by atoms with van der Waals surface area (Å²) in [7, 11) is 0. The van der Waals surface area contributed by atoms with Crippen molar-refractivity contribution in [1.29, 1.82) is 0 Å². The van der Waals surface area contributed by atoms with Gasteiger partial charge in [0, 0.05) is 20.7 Å². The molecule has 15 heavy (non-hydrogen) atoms. The summed E-state index contributed by atoms with van der Waals surface area (Å²) in [5.41, 5.74) is 6.19. The predicted molar refractivity (Wildman–Crippen MR) is 64.5 cm³/mol. The number of oxime groups is 1. The molecule has 1 aromatic carbocycles. The van der Waals surface area contributed by atoms with Gasteiger partial charge in [0.15, 0.2) is 5.84 Å². The van der Waals surface area contributed by atoms with Crippen LogP contribution < -0.4 is 5.73 Å². The van der Waals surface area contributed by atoms with Gasteiger partial charge in [-0.05, 0) is 18.2 Å². The minimum Gasteiger partial charge on any atom is -0.409 e. The molecule has 6 heteroatoms. The first-order valence-corrected chi connectivity index (χ1v) is 5.98. The van der Waals surface area contributed by atoms with E-state index in [1.54, 1.807) is 6.07 Å². The van der Waals surface area contributed by atoms with Gasteiger partial charge in [0.25, 0.3) is 0 Å². The normalized spacial score (nSPS) is 11.7. The first-order chi connectivity index (χ1) is 7.19.